The van der Waals surface area contributed by atoms with Crippen LogP contribution in [0.5, 0.6) is 0 Å². The summed E-state index contributed by atoms with van der Waals surface area (Å²) in [6.07, 6.45) is 0.867. The van der Waals surface area contributed by atoms with E-state index in [1.54, 1.807) is 6.07 Å². The van der Waals surface area contributed by atoms with E-state index in [2.05, 4.69) is 0 Å². The number of aryl methyl sites for hydroxylation is 1. The van der Waals surface area contributed by atoms with Gasteiger partial charge in [-0.2, -0.15) is 0 Å². The molecule has 0 radical (unpaired) electrons. The van der Waals surface area contributed by atoms with Crippen molar-refractivity contribution < 1.29 is 22.9 Å². The number of esters is 1. The number of hydrogen-bond acceptors (Lipinski definition) is 6. The highest BCUT2D eigenvalue weighted by atomic mass is 32.2. The number of carbonyl (C=O) groups is 1. The van der Waals surface area contributed by atoms with Gasteiger partial charge in [-0.15, -0.1) is 0 Å². The minimum absolute atomic E-state index is 0.0210. The van der Waals surface area contributed by atoms with E-state index in [1.807, 2.05) is 25.1 Å². The lowest BCUT2D eigenvalue weighted by Gasteiger charge is -2.08. The molecule has 0 aliphatic rings. The molecule has 7 nitrogen and oxygen atoms in total. The van der Waals surface area contributed by atoms with E-state index in [0.717, 1.165) is 29.5 Å². The van der Waals surface area contributed by atoms with Gasteiger partial charge < -0.3 is 4.74 Å². The van der Waals surface area contributed by atoms with Crippen molar-refractivity contribution in [2.75, 3.05) is 6.26 Å². The average molecular weight is 349 g/mol. The smallest absolute Gasteiger partial charge is 0.338 e. The molecular formula is C16H15NO6S. The molecule has 0 atom stereocenters. The van der Waals surface area contributed by atoms with Gasteiger partial charge in [0.25, 0.3) is 5.69 Å². The molecule has 0 fully saturated rings. The fraction of sp³-hybridized carbons (Fsp3) is 0.188. The summed E-state index contributed by atoms with van der Waals surface area (Å²) >= 11 is 0. The summed E-state index contributed by atoms with van der Waals surface area (Å²) < 4.78 is 28.3. The fourth-order valence-electron chi connectivity index (χ4n) is 2.10. The molecule has 0 saturated heterocycles. The van der Waals surface area contributed by atoms with Crippen molar-refractivity contribution in [2.24, 2.45) is 0 Å². The minimum Gasteiger partial charge on any atom is -0.457 e. The Hall–Kier alpha value is -2.74. The van der Waals surface area contributed by atoms with Crippen molar-refractivity contribution in [1.29, 1.82) is 0 Å². The van der Waals surface area contributed by atoms with Gasteiger partial charge in [0.2, 0.25) is 0 Å². The van der Waals surface area contributed by atoms with Gasteiger partial charge in [0.05, 0.1) is 10.5 Å². The number of benzene rings is 2. The Morgan fingerprint density at radius 2 is 1.88 bits per heavy atom. The Kier molecular flexibility index (Phi) is 4.99. The SMILES string of the molecule is Cc1ccccc1COC(=O)c1ccc(S(C)(=O)=O)c([N+](=O)[O-])c1. The Balaban J connectivity index is 2.26. The highest BCUT2D eigenvalue weighted by Gasteiger charge is 2.24. The molecule has 0 aliphatic carbocycles. The van der Waals surface area contributed by atoms with Crippen LogP contribution in [-0.4, -0.2) is 25.6 Å². The number of hydrogen-bond donors (Lipinski definition) is 0. The van der Waals surface area contributed by atoms with Crippen LogP contribution >= 0.6 is 0 Å². The number of carbonyl (C=O) groups excluding carboxylic acids is 1. The van der Waals surface area contributed by atoms with Crippen LogP contribution < -0.4 is 0 Å². The Morgan fingerprint density at radius 1 is 1.21 bits per heavy atom. The molecule has 2 rings (SSSR count). The first kappa shape index (κ1) is 17.6. The van der Waals surface area contributed by atoms with Crippen molar-refractivity contribution in [1.82, 2.24) is 0 Å². The molecule has 2 aromatic rings. The van der Waals surface area contributed by atoms with Gasteiger partial charge in [0.1, 0.15) is 11.5 Å². The molecule has 8 heteroatoms. The van der Waals surface area contributed by atoms with E-state index in [0.29, 0.717) is 0 Å². The maximum absolute atomic E-state index is 12.1. The van der Waals surface area contributed by atoms with Gasteiger partial charge in [0.15, 0.2) is 9.84 Å². The second kappa shape index (κ2) is 6.79. The summed E-state index contributed by atoms with van der Waals surface area (Å²) in [4.78, 5) is 21.8. The monoisotopic (exact) mass is 349 g/mol. The number of nitro benzene ring substituents is 1. The Bertz CT molecular complexity index is 905. The molecule has 0 N–H and O–H groups in total. The second-order valence-corrected chi connectivity index (χ2v) is 7.20. The molecule has 24 heavy (non-hydrogen) atoms. The number of ether oxygens (including phenoxy) is 1. The maximum Gasteiger partial charge on any atom is 0.338 e. The number of rotatable bonds is 5. The number of nitrogens with zero attached hydrogens (tertiary/aromatic N) is 1. The third-order valence-corrected chi connectivity index (χ3v) is 4.55. The van der Waals surface area contributed by atoms with Gasteiger partial charge >= 0.3 is 5.97 Å². The molecule has 0 aromatic heterocycles. The van der Waals surface area contributed by atoms with Crippen LogP contribution in [0.2, 0.25) is 0 Å². The summed E-state index contributed by atoms with van der Waals surface area (Å²) in [6, 6.07) is 10.5. The molecule has 0 heterocycles. The lowest BCUT2D eigenvalue weighted by Crippen LogP contribution is -2.09. The van der Waals surface area contributed by atoms with E-state index in [1.165, 1.54) is 6.07 Å². The molecule has 0 aliphatic heterocycles. The highest BCUT2D eigenvalue weighted by molar-refractivity contribution is 7.90. The van der Waals surface area contributed by atoms with E-state index < -0.39 is 31.3 Å². The summed E-state index contributed by atoms with van der Waals surface area (Å²) in [5, 5.41) is 11.1. The molecule has 0 bridgehead atoms. The zero-order chi connectivity index (χ0) is 17.9. The number of sulfone groups is 1. The zero-order valence-electron chi connectivity index (χ0n) is 13.1. The lowest BCUT2D eigenvalue weighted by molar-refractivity contribution is -0.387. The van der Waals surface area contributed by atoms with Crippen LogP contribution in [0.4, 0.5) is 5.69 Å². The summed E-state index contributed by atoms with van der Waals surface area (Å²) in [7, 11) is -3.78. The Labute approximate surface area is 139 Å². The van der Waals surface area contributed by atoms with Crippen molar-refractivity contribution in [3.63, 3.8) is 0 Å². The number of nitro groups is 1. The minimum atomic E-state index is -3.78. The third-order valence-electron chi connectivity index (χ3n) is 3.41. The van der Waals surface area contributed by atoms with E-state index in [-0.39, 0.29) is 12.2 Å². The summed E-state index contributed by atoms with van der Waals surface area (Å²) in [6.45, 7) is 1.89. The van der Waals surface area contributed by atoms with Gasteiger partial charge in [-0.25, -0.2) is 13.2 Å². The molecule has 0 spiro atoms. The largest absolute Gasteiger partial charge is 0.457 e. The predicted octanol–water partition coefficient (Wildman–Crippen LogP) is 2.66. The quantitative estimate of drug-likeness (QED) is 0.467. The standard InChI is InChI=1S/C16H15NO6S/c1-11-5-3-4-6-13(11)10-23-16(18)12-7-8-15(24(2,21)22)14(9-12)17(19)20/h3-9H,10H2,1-2H3. The van der Waals surface area contributed by atoms with Crippen LogP contribution in [0.3, 0.4) is 0 Å². The molecule has 0 unspecified atom stereocenters. The van der Waals surface area contributed by atoms with Gasteiger partial charge in [-0.3, -0.25) is 10.1 Å². The lowest BCUT2D eigenvalue weighted by atomic mass is 10.1. The zero-order valence-corrected chi connectivity index (χ0v) is 13.9. The van der Waals surface area contributed by atoms with Crippen molar-refractivity contribution in [3.05, 3.63) is 69.3 Å². The van der Waals surface area contributed by atoms with Crippen molar-refractivity contribution in [3.8, 4) is 0 Å². The molecule has 126 valence electrons. The van der Waals surface area contributed by atoms with Crippen molar-refractivity contribution >= 4 is 21.5 Å². The van der Waals surface area contributed by atoms with Crippen LogP contribution in [-0.2, 0) is 21.2 Å². The van der Waals surface area contributed by atoms with Crippen LogP contribution in [0.15, 0.2) is 47.4 Å². The van der Waals surface area contributed by atoms with Crippen LogP contribution in [0.1, 0.15) is 21.5 Å². The second-order valence-electron chi connectivity index (χ2n) is 5.21. The van der Waals surface area contributed by atoms with Gasteiger partial charge in [0, 0.05) is 12.3 Å². The van der Waals surface area contributed by atoms with Gasteiger partial charge in [-0.1, -0.05) is 24.3 Å². The normalized spacial score (nSPS) is 11.1. The van der Waals surface area contributed by atoms with Crippen LogP contribution in [0, 0.1) is 17.0 Å². The van der Waals surface area contributed by atoms with E-state index >= 15 is 0 Å². The first-order chi connectivity index (χ1) is 11.2. The molecule has 0 amide bonds. The summed E-state index contributed by atoms with van der Waals surface area (Å²) in [5.74, 6) is -0.763. The maximum atomic E-state index is 12.1. The Morgan fingerprint density at radius 3 is 2.46 bits per heavy atom. The topological polar surface area (TPSA) is 104 Å². The molecule has 0 saturated carbocycles. The first-order valence-corrected chi connectivity index (χ1v) is 8.79. The first-order valence-electron chi connectivity index (χ1n) is 6.90. The van der Waals surface area contributed by atoms with Crippen molar-refractivity contribution in [2.45, 2.75) is 18.4 Å². The summed E-state index contributed by atoms with van der Waals surface area (Å²) in [5.41, 5.74) is 1.03. The third kappa shape index (κ3) is 3.96. The average Bonchev–Trinajstić information content (AvgIpc) is 2.52. The predicted molar refractivity (Wildman–Crippen MR) is 86.5 cm³/mol. The van der Waals surface area contributed by atoms with E-state index in [9.17, 15) is 23.3 Å². The highest BCUT2D eigenvalue weighted by Crippen LogP contribution is 2.25. The molecular weight excluding hydrogens is 334 g/mol. The van der Waals surface area contributed by atoms with Gasteiger partial charge in [-0.05, 0) is 30.2 Å². The molecule has 2 aromatic carbocycles. The fourth-order valence-corrected chi connectivity index (χ4v) is 2.93. The van der Waals surface area contributed by atoms with Crippen LogP contribution in [0.25, 0.3) is 0 Å². The van der Waals surface area contributed by atoms with E-state index in [4.69, 9.17) is 4.74 Å².